The number of rotatable bonds is 4. The molecule has 1 unspecified atom stereocenters. The molecular formula is C35H43N7O4. The SMILES string of the molecule is CC(C)(C)OC(=O)Nc1ccc2c(c1)CCCc1cc(C(=O)NNC(=O)Nc3ccc4c(c3)CCC(N3CCCC3)CC4)nnc1-2. The molecule has 0 spiro atoms. The number of hydrogen-bond acceptors (Lipinski definition) is 7. The number of fused-ring (bicyclic) bond motifs is 4. The normalized spacial score (nSPS) is 17.8. The quantitative estimate of drug-likeness (QED) is 0.213. The molecule has 46 heavy (non-hydrogen) atoms. The van der Waals surface area contributed by atoms with Crippen LogP contribution in [0.5, 0.6) is 0 Å². The predicted molar refractivity (Wildman–Crippen MR) is 177 cm³/mol. The van der Waals surface area contributed by atoms with Gasteiger partial charge in [0.25, 0.3) is 5.91 Å². The molecule has 6 rings (SSSR count). The first-order chi connectivity index (χ1) is 22.1. The highest BCUT2D eigenvalue weighted by molar-refractivity contribution is 5.96. The van der Waals surface area contributed by atoms with E-state index < -0.39 is 23.6 Å². The van der Waals surface area contributed by atoms with Gasteiger partial charge in [-0.3, -0.25) is 15.5 Å². The van der Waals surface area contributed by atoms with E-state index in [9.17, 15) is 14.4 Å². The van der Waals surface area contributed by atoms with Crippen LogP contribution in [-0.2, 0) is 30.4 Å². The molecule has 11 nitrogen and oxygen atoms in total. The van der Waals surface area contributed by atoms with Gasteiger partial charge in [0.2, 0.25) is 0 Å². The number of anilines is 2. The first kappa shape index (κ1) is 31.5. The number of benzene rings is 2. The minimum absolute atomic E-state index is 0.114. The number of nitrogens with one attached hydrogen (secondary N) is 4. The number of aromatic nitrogens is 2. The Bertz CT molecular complexity index is 1630. The van der Waals surface area contributed by atoms with Crippen molar-refractivity contribution in [3.8, 4) is 11.3 Å². The van der Waals surface area contributed by atoms with Crippen LogP contribution in [0.2, 0.25) is 0 Å². The maximum Gasteiger partial charge on any atom is 0.412 e. The van der Waals surface area contributed by atoms with E-state index in [1.54, 1.807) is 12.1 Å². The number of carbonyl (C=O) groups excluding carboxylic acids is 3. The van der Waals surface area contributed by atoms with Crippen molar-refractivity contribution in [1.82, 2.24) is 25.9 Å². The van der Waals surface area contributed by atoms with Gasteiger partial charge < -0.3 is 15.0 Å². The number of likely N-dealkylation sites (tertiary alicyclic amines) is 1. The van der Waals surface area contributed by atoms with Gasteiger partial charge in [-0.05, 0) is 144 Å². The van der Waals surface area contributed by atoms with E-state index in [0.717, 1.165) is 48.8 Å². The van der Waals surface area contributed by atoms with E-state index in [-0.39, 0.29) is 5.69 Å². The minimum atomic E-state index is -0.591. The van der Waals surface area contributed by atoms with E-state index in [4.69, 9.17) is 4.74 Å². The van der Waals surface area contributed by atoms with Crippen molar-refractivity contribution in [2.75, 3.05) is 23.7 Å². The molecule has 4 amide bonds. The third kappa shape index (κ3) is 7.64. The lowest BCUT2D eigenvalue weighted by Gasteiger charge is -2.25. The maximum atomic E-state index is 12.9. The molecule has 4 N–H and O–H groups in total. The highest BCUT2D eigenvalue weighted by Gasteiger charge is 2.25. The van der Waals surface area contributed by atoms with E-state index in [2.05, 4.69) is 48.7 Å². The Labute approximate surface area is 269 Å². The van der Waals surface area contributed by atoms with E-state index in [1.165, 1.54) is 43.5 Å². The van der Waals surface area contributed by atoms with Crippen molar-refractivity contribution < 1.29 is 19.1 Å². The fourth-order valence-corrected chi connectivity index (χ4v) is 6.74. The van der Waals surface area contributed by atoms with Crippen molar-refractivity contribution in [3.05, 3.63) is 70.4 Å². The third-order valence-corrected chi connectivity index (χ3v) is 8.91. The van der Waals surface area contributed by atoms with Crippen LogP contribution in [0, 0.1) is 0 Å². The Morgan fingerprint density at radius 3 is 2.24 bits per heavy atom. The van der Waals surface area contributed by atoms with Crippen LogP contribution in [0.1, 0.15) is 85.6 Å². The molecule has 3 aliphatic rings. The number of hydrogen-bond donors (Lipinski definition) is 4. The lowest BCUT2D eigenvalue weighted by Crippen LogP contribution is -2.44. The number of nitrogens with zero attached hydrogens (tertiary/aromatic N) is 3. The van der Waals surface area contributed by atoms with Gasteiger partial charge in [-0.1, -0.05) is 12.1 Å². The van der Waals surface area contributed by atoms with Gasteiger partial charge in [-0.15, -0.1) is 10.2 Å². The number of urea groups is 1. The molecule has 2 heterocycles. The van der Waals surface area contributed by atoms with Crippen LogP contribution in [0.3, 0.4) is 0 Å². The molecule has 11 heteroatoms. The van der Waals surface area contributed by atoms with Crippen LogP contribution in [0.4, 0.5) is 21.0 Å². The maximum absolute atomic E-state index is 12.9. The summed E-state index contributed by atoms with van der Waals surface area (Å²) in [6.45, 7) is 7.88. The molecule has 1 saturated heterocycles. The Morgan fingerprint density at radius 2 is 1.46 bits per heavy atom. The van der Waals surface area contributed by atoms with Gasteiger partial charge >= 0.3 is 12.1 Å². The Hall–Kier alpha value is -4.51. The lowest BCUT2D eigenvalue weighted by atomic mass is 10.0. The van der Waals surface area contributed by atoms with Crippen molar-refractivity contribution in [2.45, 2.75) is 90.2 Å². The summed E-state index contributed by atoms with van der Waals surface area (Å²) in [6.07, 6.45) is 8.78. The van der Waals surface area contributed by atoms with Crippen molar-refractivity contribution in [3.63, 3.8) is 0 Å². The zero-order chi connectivity index (χ0) is 32.3. The molecule has 0 bridgehead atoms. The summed E-state index contributed by atoms with van der Waals surface area (Å²) < 4.78 is 5.37. The smallest absolute Gasteiger partial charge is 0.412 e. The fourth-order valence-electron chi connectivity index (χ4n) is 6.74. The van der Waals surface area contributed by atoms with Gasteiger partial charge in [-0.2, -0.15) is 0 Å². The molecule has 1 atom stereocenters. The van der Waals surface area contributed by atoms with Crippen LogP contribution >= 0.6 is 0 Å². The largest absolute Gasteiger partial charge is 0.444 e. The van der Waals surface area contributed by atoms with E-state index in [0.29, 0.717) is 29.5 Å². The molecule has 3 aromatic rings. The molecule has 242 valence electrons. The monoisotopic (exact) mass is 625 g/mol. The summed E-state index contributed by atoms with van der Waals surface area (Å²) in [6, 6.07) is 13.5. The van der Waals surface area contributed by atoms with Crippen molar-refractivity contribution >= 4 is 29.4 Å². The van der Waals surface area contributed by atoms with E-state index in [1.807, 2.05) is 39.0 Å². The van der Waals surface area contributed by atoms with Crippen molar-refractivity contribution in [1.29, 1.82) is 0 Å². The van der Waals surface area contributed by atoms with Crippen LogP contribution in [-0.4, -0.2) is 57.9 Å². The van der Waals surface area contributed by atoms with E-state index >= 15 is 0 Å². The number of ether oxygens (including phenoxy) is 1. The molecule has 2 aliphatic carbocycles. The van der Waals surface area contributed by atoms with Crippen LogP contribution in [0.15, 0.2) is 42.5 Å². The van der Waals surface area contributed by atoms with Crippen molar-refractivity contribution in [2.24, 2.45) is 0 Å². The highest BCUT2D eigenvalue weighted by Crippen LogP contribution is 2.33. The fraction of sp³-hybridized carbons (Fsp3) is 0.457. The molecule has 1 aliphatic heterocycles. The lowest BCUT2D eigenvalue weighted by molar-refractivity contribution is 0.0635. The molecule has 1 aromatic heterocycles. The molecular weight excluding hydrogens is 582 g/mol. The minimum Gasteiger partial charge on any atom is -0.444 e. The average molecular weight is 626 g/mol. The van der Waals surface area contributed by atoms with Gasteiger partial charge in [0.1, 0.15) is 5.60 Å². The molecule has 2 aromatic carbocycles. The summed E-state index contributed by atoms with van der Waals surface area (Å²) in [5.41, 5.74) is 11.9. The Kier molecular flexibility index (Phi) is 9.21. The van der Waals surface area contributed by atoms with Crippen LogP contribution in [0.25, 0.3) is 11.3 Å². The summed E-state index contributed by atoms with van der Waals surface area (Å²) in [4.78, 5) is 40.5. The third-order valence-electron chi connectivity index (χ3n) is 8.91. The molecule has 0 radical (unpaired) electrons. The Balaban J connectivity index is 1.04. The zero-order valence-corrected chi connectivity index (χ0v) is 26.9. The van der Waals surface area contributed by atoms with Gasteiger partial charge in [-0.25, -0.2) is 15.0 Å². The number of aryl methyl sites for hydroxylation is 4. The summed E-state index contributed by atoms with van der Waals surface area (Å²) in [7, 11) is 0. The standard InChI is InChI=1S/C35H43N7O4/c1-35(2,3)46-34(45)37-27-13-16-29-24(20-27)7-6-8-25-21-30(38-39-31(25)29)32(43)40-41-33(44)36-26-12-9-22-10-14-28(15-11-23(22)19-26)42-17-4-5-18-42/h9,12-13,16,19-21,28H,4-8,10-11,14-15,17-18H2,1-3H3,(H,37,45)(H,40,43)(H2,36,41,44). The number of carbonyl (C=O) groups is 3. The average Bonchev–Trinajstić information content (AvgIpc) is 3.38. The second-order valence-electron chi connectivity index (χ2n) is 13.4. The number of hydrazine groups is 1. The summed E-state index contributed by atoms with van der Waals surface area (Å²) >= 11 is 0. The van der Waals surface area contributed by atoms with Gasteiger partial charge in [0, 0.05) is 23.0 Å². The van der Waals surface area contributed by atoms with Gasteiger partial charge in [0.15, 0.2) is 5.69 Å². The number of amides is 4. The first-order valence-electron chi connectivity index (χ1n) is 16.3. The van der Waals surface area contributed by atoms with Crippen LogP contribution < -0.4 is 21.5 Å². The second-order valence-corrected chi connectivity index (χ2v) is 13.4. The Morgan fingerprint density at radius 1 is 0.761 bits per heavy atom. The van der Waals surface area contributed by atoms with Gasteiger partial charge in [0.05, 0.1) is 5.69 Å². The molecule has 0 saturated carbocycles. The summed E-state index contributed by atoms with van der Waals surface area (Å²) in [5.74, 6) is -0.554. The first-order valence-corrected chi connectivity index (χ1v) is 16.3. The second kappa shape index (κ2) is 13.5. The topological polar surface area (TPSA) is 138 Å². The zero-order valence-electron chi connectivity index (χ0n) is 26.9. The molecule has 1 fully saturated rings. The predicted octanol–water partition coefficient (Wildman–Crippen LogP) is 5.79. The summed E-state index contributed by atoms with van der Waals surface area (Å²) in [5, 5.41) is 14.2. The highest BCUT2D eigenvalue weighted by atomic mass is 16.6.